The fourth-order valence-corrected chi connectivity index (χ4v) is 10.3. The van der Waals surface area contributed by atoms with Crippen LogP contribution in [0, 0.1) is 17.8 Å². The van der Waals surface area contributed by atoms with Gasteiger partial charge in [-0.05, 0) is 112 Å². The third kappa shape index (κ3) is 5.58. The first kappa shape index (κ1) is 32.8. The Hall–Kier alpha value is -1.56. The molecule has 0 spiro atoms. The van der Waals surface area contributed by atoms with Crippen molar-refractivity contribution in [3.8, 4) is 11.1 Å². The fourth-order valence-electron chi connectivity index (χ4n) is 10.3. The molecule has 0 N–H and O–H groups in total. The van der Waals surface area contributed by atoms with Crippen molar-refractivity contribution in [1.82, 2.24) is 0 Å². The van der Waals surface area contributed by atoms with E-state index in [1.54, 1.807) is 27.8 Å². The van der Waals surface area contributed by atoms with E-state index in [4.69, 9.17) is 0 Å². The summed E-state index contributed by atoms with van der Waals surface area (Å²) in [7, 11) is 0. The monoisotopic (exact) mass is 583 g/mol. The molecule has 3 aliphatic carbocycles. The van der Waals surface area contributed by atoms with Crippen LogP contribution in [0.15, 0.2) is 30.3 Å². The number of hydrogen-bond acceptors (Lipinski definition) is 0. The molecule has 0 aliphatic heterocycles. The van der Waals surface area contributed by atoms with E-state index in [1.807, 2.05) is 11.1 Å². The zero-order valence-electron chi connectivity index (χ0n) is 29.8. The summed E-state index contributed by atoms with van der Waals surface area (Å²) < 4.78 is 0. The summed E-state index contributed by atoms with van der Waals surface area (Å²) in [6.45, 7) is 22.4. The van der Waals surface area contributed by atoms with E-state index >= 15 is 0 Å². The summed E-state index contributed by atoms with van der Waals surface area (Å²) in [6.07, 6.45) is 20.1. The summed E-state index contributed by atoms with van der Waals surface area (Å²) in [6, 6.07) is 13.1. The molecule has 1 fully saturated rings. The Morgan fingerprint density at radius 2 is 1.47 bits per heavy atom. The van der Waals surface area contributed by atoms with Gasteiger partial charge in [-0.15, -0.1) is 0 Å². The van der Waals surface area contributed by atoms with E-state index in [0.717, 1.165) is 17.8 Å². The summed E-state index contributed by atoms with van der Waals surface area (Å²) in [5.74, 6) is 3.08. The van der Waals surface area contributed by atoms with E-state index < -0.39 is 0 Å². The molecule has 5 rings (SSSR count). The summed E-state index contributed by atoms with van der Waals surface area (Å²) >= 11 is 0. The first-order valence-corrected chi connectivity index (χ1v) is 18.9. The Morgan fingerprint density at radius 1 is 0.767 bits per heavy atom. The second-order valence-electron chi connectivity index (χ2n) is 16.5. The third-order valence-corrected chi connectivity index (χ3v) is 13.3. The highest BCUT2D eigenvalue weighted by Gasteiger charge is 2.58. The molecule has 43 heavy (non-hydrogen) atoms. The van der Waals surface area contributed by atoms with Crippen LogP contribution >= 0.6 is 0 Å². The van der Waals surface area contributed by atoms with Crippen molar-refractivity contribution in [3.63, 3.8) is 0 Å². The Labute approximate surface area is 267 Å². The highest BCUT2D eigenvalue weighted by atomic mass is 14.6. The molecule has 3 unspecified atom stereocenters. The Kier molecular flexibility index (Phi) is 9.96. The van der Waals surface area contributed by atoms with Gasteiger partial charge in [0.1, 0.15) is 0 Å². The quantitative estimate of drug-likeness (QED) is 0.194. The van der Waals surface area contributed by atoms with Crippen LogP contribution in [-0.4, -0.2) is 0 Å². The van der Waals surface area contributed by atoms with Gasteiger partial charge >= 0.3 is 0 Å². The van der Waals surface area contributed by atoms with Crippen molar-refractivity contribution in [2.45, 2.75) is 181 Å². The number of fused-ring (bicyclic) bond motifs is 5. The van der Waals surface area contributed by atoms with Crippen LogP contribution in [0.4, 0.5) is 0 Å². The van der Waals surface area contributed by atoms with Gasteiger partial charge in [-0.1, -0.05) is 150 Å². The van der Waals surface area contributed by atoms with Crippen LogP contribution in [0.2, 0.25) is 0 Å². The predicted octanol–water partition coefficient (Wildman–Crippen LogP) is 13.4. The number of benzene rings is 2. The minimum absolute atomic E-state index is 0.186. The molecule has 0 heterocycles. The summed E-state index contributed by atoms with van der Waals surface area (Å²) in [4.78, 5) is 0. The summed E-state index contributed by atoms with van der Waals surface area (Å²) in [5.41, 5.74) is 12.5. The number of hydrogen-bond donors (Lipinski definition) is 0. The standard InChI is InChI=1S/C43H66/c1-10-14-17-25-41(7,8)32-20-22-34-35-23-24-36(42(9,13-4)26-16-12-3)39-31(6)33-21-19-30(5)28-37(33)43(40(35)39,38(34)29-32)27-18-15-11-2/h20,22-24,29-31,33,37H,10-19,21,25-28H2,1-9H3/t30-,31?,33+,37?,42?,43-/m1/s1. The molecule has 238 valence electrons. The smallest absolute Gasteiger partial charge is 0.0249 e. The minimum atomic E-state index is 0.186. The molecule has 1 saturated carbocycles. The van der Waals surface area contributed by atoms with Crippen LogP contribution in [0.5, 0.6) is 0 Å². The molecule has 6 atom stereocenters. The number of unbranched alkanes of at least 4 members (excludes halogenated alkanes) is 5. The normalized spacial score (nSPS) is 27.4. The Bertz CT molecular complexity index is 1250. The van der Waals surface area contributed by atoms with Gasteiger partial charge in [0.25, 0.3) is 0 Å². The SMILES string of the molecule is CCCCCC(C)(C)c1ccc2c(c1)[C@]1(CCCCC)c3c-2ccc(C(C)(CC)CCCC)c3C(C)[C@@H]2CC[C@@H](C)CC21. The second kappa shape index (κ2) is 13.0. The molecule has 3 aliphatic rings. The van der Waals surface area contributed by atoms with E-state index in [9.17, 15) is 0 Å². The zero-order chi connectivity index (χ0) is 31.0. The maximum Gasteiger partial charge on any atom is 0.0249 e. The third-order valence-electron chi connectivity index (χ3n) is 13.3. The lowest BCUT2D eigenvalue weighted by molar-refractivity contribution is 0.0821. The average Bonchev–Trinajstić information content (AvgIpc) is 3.29. The van der Waals surface area contributed by atoms with Crippen molar-refractivity contribution >= 4 is 0 Å². The van der Waals surface area contributed by atoms with Crippen molar-refractivity contribution in [2.75, 3.05) is 0 Å². The molecular formula is C43H66. The second-order valence-corrected chi connectivity index (χ2v) is 16.5. The van der Waals surface area contributed by atoms with E-state index in [2.05, 4.69) is 92.6 Å². The van der Waals surface area contributed by atoms with E-state index in [-0.39, 0.29) is 16.2 Å². The highest BCUT2D eigenvalue weighted by Crippen LogP contribution is 2.67. The molecule has 2 aromatic rings. The Balaban J connectivity index is 1.78. The van der Waals surface area contributed by atoms with E-state index in [0.29, 0.717) is 5.92 Å². The van der Waals surface area contributed by atoms with Gasteiger partial charge in [-0.3, -0.25) is 0 Å². The van der Waals surface area contributed by atoms with E-state index in [1.165, 1.54) is 96.3 Å². The van der Waals surface area contributed by atoms with Crippen molar-refractivity contribution in [3.05, 3.63) is 58.1 Å². The number of rotatable bonds is 14. The molecule has 0 amide bonds. The molecule has 0 aromatic heterocycles. The first-order chi connectivity index (χ1) is 20.6. The Morgan fingerprint density at radius 3 is 2.16 bits per heavy atom. The summed E-state index contributed by atoms with van der Waals surface area (Å²) in [5, 5.41) is 0. The molecule has 0 bridgehead atoms. The maximum atomic E-state index is 2.78. The van der Waals surface area contributed by atoms with Gasteiger partial charge in [-0.2, -0.15) is 0 Å². The van der Waals surface area contributed by atoms with Crippen molar-refractivity contribution in [1.29, 1.82) is 0 Å². The van der Waals surface area contributed by atoms with Gasteiger partial charge in [0.2, 0.25) is 0 Å². The van der Waals surface area contributed by atoms with Crippen LogP contribution in [-0.2, 0) is 16.2 Å². The lowest BCUT2D eigenvalue weighted by atomic mass is 9.48. The van der Waals surface area contributed by atoms with Gasteiger partial charge in [0, 0.05) is 5.41 Å². The van der Waals surface area contributed by atoms with Gasteiger partial charge < -0.3 is 0 Å². The van der Waals surface area contributed by atoms with Gasteiger partial charge in [0.15, 0.2) is 0 Å². The zero-order valence-corrected chi connectivity index (χ0v) is 29.8. The molecule has 0 radical (unpaired) electrons. The van der Waals surface area contributed by atoms with Crippen LogP contribution < -0.4 is 0 Å². The first-order valence-electron chi connectivity index (χ1n) is 18.9. The molecule has 0 saturated heterocycles. The minimum Gasteiger partial charge on any atom is -0.0654 e. The predicted molar refractivity (Wildman–Crippen MR) is 190 cm³/mol. The van der Waals surface area contributed by atoms with Crippen molar-refractivity contribution in [2.24, 2.45) is 17.8 Å². The maximum absolute atomic E-state index is 2.78. The highest BCUT2D eigenvalue weighted by molar-refractivity contribution is 5.85. The molecule has 0 heteroatoms. The molecule has 0 nitrogen and oxygen atoms in total. The fraction of sp³-hybridized carbons (Fsp3) is 0.721. The largest absolute Gasteiger partial charge is 0.0654 e. The van der Waals surface area contributed by atoms with Crippen LogP contribution in [0.1, 0.15) is 192 Å². The van der Waals surface area contributed by atoms with Crippen LogP contribution in [0.25, 0.3) is 11.1 Å². The average molecular weight is 583 g/mol. The van der Waals surface area contributed by atoms with Crippen molar-refractivity contribution < 1.29 is 0 Å². The van der Waals surface area contributed by atoms with Crippen LogP contribution in [0.3, 0.4) is 0 Å². The molecule has 2 aromatic carbocycles. The lowest BCUT2D eigenvalue weighted by Gasteiger charge is -2.55. The van der Waals surface area contributed by atoms with Gasteiger partial charge in [0.05, 0.1) is 0 Å². The topological polar surface area (TPSA) is 0 Å². The lowest BCUT2D eigenvalue weighted by Crippen LogP contribution is -2.48. The molecular weight excluding hydrogens is 516 g/mol. The van der Waals surface area contributed by atoms with Gasteiger partial charge in [-0.25, -0.2) is 0 Å².